The molecule has 4 atom stereocenters. The Kier molecular flexibility index (Phi) is 5.47. The van der Waals surface area contributed by atoms with Gasteiger partial charge in [-0.3, -0.25) is 0 Å². The first-order valence-corrected chi connectivity index (χ1v) is 9.35. The zero-order valence-corrected chi connectivity index (χ0v) is 14.5. The van der Waals surface area contributed by atoms with Gasteiger partial charge in [0.1, 0.15) is 0 Å². The highest BCUT2D eigenvalue weighted by Gasteiger charge is 2.42. The van der Waals surface area contributed by atoms with E-state index in [1.54, 1.807) is 0 Å². The van der Waals surface area contributed by atoms with E-state index < -0.39 is 0 Å². The minimum Gasteiger partial charge on any atom is -0.393 e. The van der Waals surface area contributed by atoms with Crippen LogP contribution in [0.3, 0.4) is 0 Å². The van der Waals surface area contributed by atoms with Crippen LogP contribution in [0.4, 0.5) is 0 Å². The van der Waals surface area contributed by atoms with Crippen LogP contribution in [0.5, 0.6) is 0 Å². The van der Waals surface area contributed by atoms with Crippen molar-refractivity contribution in [3.63, 3.8) is 0 Å². The van der Waals surface area contributed by atoms with Gasteiger partial charge < -0.3 is 9.84 Å². The lowest BCUT2D eigenvalue weighted by molar-refractivity contribution is -0.104. The molecule has 0 amide bonds. The molecule has 3 heteroatoms. The van der Waals surface area contributed by atoms with E-state index in [1.165, 1.54) is 18.6 Å². The van der Waals surface area contributed by atoms with Gasteiger partial charge >= 0.3 is 0 Å². The third-order valence-electron chi connectivity index (χ3n) is 4.75. The molecule has 118 valence electrons. The minimum atomic E-state index is -0.140. The fourth-order valence-electron chi connectivity index (χ4n) is 3.99. The molecule has 2 aliphatic rings. The monoisotopic (exact) mass is 300 g/mol. The van der Waals surface area contributed by atoms with Gasteiger partial charge in [-0.2, -0.15) is 11.8 Å². The van der Waals surface area contributed by atoms with Crippen molar-refractivity contribution in [2.24, 2.45) is 17.3 Å². The summed E-state index contributed by atoms with van der Waals surface area (Å²) in [6.45, 7) is 9.99. The quantitative estimate of drug-likeness (QED) is 0.847. The first kappa shape index (κ1) is 16.6. The summed E-state index contributed by atoms with van der Waals surface area (Å²) >= 11 is 2.01. The second-order valence-corrected chi connectivity index (χ2v) is 9.37. The minimum absolute atomic E-state index is 0.0990. The maximum Gasteiger partial charge on any atom is 0.0783 e. The van der Waals surface area contributed by atoms with E-state index in [4.69, 9.17) is 4.74 Å². The molecule has 0 radical (unpaired) electrons. The van der Waals surface area contributed by atoms with Crippen molar-refractivity contribution in [3.05, 3.63) is 0 Å². The Morgan fingerprint density at radius 1 is 1.40 bits per heavy atom. The van der Waals surface area contributed by atoms with E-state index >= 15 is 0 Å². The van der Waals surface area contributed by atoms with Gasteiger partial charge in [-0.25, -0.2) is 0 Å². The summed E-state index contributed by atoms with van der Waals surface area (Å²) in [4.78, 5) is 0. The van der Waals surface area contributed by atoms with Crippen molar-refractivity contribution in [2.75, 3.05) is 18.1 Å². The Morgan fingerprint density at radius 3 is 2.75 bits per heavy atom. The second-order valence-electron chi connectivity index (χ2n) is 8.26. The van der Waals surface area contributed by atoms with E-state index in [9.17, 15) is 5.11 Å². The molecule has 0 aliphatic carbocycles. The van der Waals surface area contributed by atoms with Crippen molar-refractivity contribution in [3.8, 4) is 0 Å². The third-order valence-corrected chi connectivity index (χ3v) is 5.97. The number of ether oxygens (including phenoxy) is 1. The summed E-state index contributed by atoms with van der Waals surface area (Å²) in [6.07, 6.45) is 5.29. The lowest BCUT2D eigenvalue weighted by Gasteiger charge is -2.40. The molecule has 0 bridgehead atoms. The molecule has 0 aromatic heterocycles. The highest BCUT2D eigenvalue weighted by atomic mass is 32.2. The normalized spacial score (nSPS) is 34.4. The van der Waals surface area contributed by atoms with Gasteiger partial charge in [0, 0.05) is 12.4 Å². The summed E-state index contributed by atoms with van der Waals surface area (Å²) in [6, 6.07) is 0. The summed E-state index contributed by atoms with van der Waals surface area (Å²) in [5, 5.41) is 10.6. The zero-order valence-electron chi connectivity index (χ0n) is 13.7. The van der Waals surface area contributed by atoms with Gasteiger partial charge in [0.25, 0.3) is 0 Å². The average molecular weight is 301 g/mol. The SMILES string of the molecule is CC(CC(O)C1CCOC2(CCSC2)C1)CC(C)(C)C. The van der Waals surface area contributed by atoms with Gasteiger partial charge in [-0.1, -0.05) is 27.7 Å². The topological polar surface area (TPSA) is 29.5 Å². The molecule has 2 fully saturated rings. The number of rotatable bonds is 4. The van der Waals surface area contributed by atoms with Crippen molar-refractivity contribution >= 4 is 11.8 Å². The average Bonchev–Trinajstić information content (AvgIpc) is 2.74. The number of hydrogen-bond donors (Lipinski definition) is 1. The predicted molar refractivity (Wildman–Crippen MR) is 87.2 cm³/mol. The summed E-state index contributed by atoms with van der Waals surface area (Å²) in [7, 11) is 0. The molecular weight excluding hydrogens is 268 g/mol. The van der Waals surface area contributed by atoms with Crippen molar-refractivity contribution in [1.29, 1.82) is 0 Å². The number of hydrogen-bond acceptors (Lipinski definition) is 3. The molecule has 2 rings (SSSR count). The molecule has 20 heavy (non-hydrogen) atoms. The molecule has 2 heterocycles. The van der Waals surface area contributed by atoms with Crippen LogP contribution >= 0.6 is 11.8 Å². The number of aliphatic hydroxyl groups is 1. The van der Waals surface area contributed by atoms with Crippen LogP contribution in [-0.2, 0) is 4.74 Å². The molecule has 1 N–H and O–H groups in total. The molecule has 2 saturated heterocycles. The van der Waals surface area contributed by atoms with Crippen LogP contribution in [0, 0.1) is 17.3 Å². The lowest BCUT2D eigenvalue weighted by Crippen LogP contribution is -2.43. The molecule has 0 saturated carbocycles. The van der Waals surface area contributed by atoms with Gasteiger partial charge in [0.05, 0.1) is 11.7 Å². The van der Waals surface area contributed by atoms with E-state index in [1.807, 2.05) is 11.8 Å². The molecule has 4 unspecified atom stereocenters. The maximum absolute atomic E-state index is 10.6. The van der Waals surface area contributed by atoms with Crippen LogP contribution in [0.1, 0.15) is 59.8 Å². The summed E-state index contributed by atoms with van der Waals surface area (Å²) in [5.74, 6) is 3.41. The zero-order chi connectivity index (χ0) is 14.8. The van der Waals surface area contributed by atoms with Crippen LogP contribution in [0.15, 0.2) is 0 Å². The molecule has 0 aromatic rings. The lowest BCUT2D eigenvalue weighted by atomic mass is 9.77. The van der Waals surface area contributed by atoms with E-state index in [0.717, 1.165) is 31.6 Å². The maximum atomic E-state index is 10.6. The predicted octanol–water partition coefficient (Wildman–Crippen LogP) is 4.11. The van der Waals surface area contributed by atoms with E-state index in [2.05, 4.69) is 27.7 Å². The first-order chi connectivity index (χ1) is 9.30. The second kappa shape index (κ2) is 6.58. The fourth-order valence-corrected chi connectivity index (χ4v) is 5.37. The molecule has 2 aliphatic heterocycles. The molecular formula is C17H32O2S. The Hall–Kier alpha value is 0.270. The van der Waals surface area contributed by atoms with Crippen LogP contribution < -0.4 is 0 Å². The largest absolute Gasteiger partial charge is 0.393 e. The van der Waals surface area contributed by atoms with Gasteiger partial charge in [0.2, 0.25) is 0 Å². The van der Waals surface area contributed by atoms with Crippen LogP contribution in [0.25, 0.3) is 0 Å². The Bertz CT molecular complexity index is 305. The molecule has 0 aromatic carbocycles. The number of aliphatic hydroxyl groups excluding tert-OH is 1. The van der Waals surface area contributed by atoms with E-state index in [-0.39, 0.29) is 11.7 Å². The standard InChI is InChI=1S/C17H32O2S/c1-13(10-16(2,3)4)9-15(18)14-5-7-19-17(11-14)6-8-20-12-17/h13-15,18H,5-12H2,1-4H3. The van der Waals surface area contributed by atoms with Gasteiger partial charge in [-0.15, -0.1) is 0 Å². The smallest absolute Gasteiger partial charge is 0.0783 e. The highest BCUT2D eigenvalue weighted by molar-refractivity contribution is 7.99. The van der Waals surface area contributed by atoms with Gasteiger partial charge in [0.15, 0.2) is 0 Å². The fraction of sp³-hybridized carbons (Fsp3) is 1.00. The Morgan fingerprint density at radius 2 is 2.15 bits per heavy atom. The van der Waals surface area contributed by atoms with Crippen LogP contribution in [-0.4, -0.2) is 34.9 Å². The molecule has 1 spiro atoms. The summed E-state index contributed by atoms with van der Waals surface area (Å²) < 4.78 is 6.06. The summed E-state index contributed by atoms with van der Waals surface area (Å²) in [5.41, 5.74) is 0.458. The van der Waals surface area contributed by atoms with Crippen LogP contribution in [0.2, 0.25) is 0 Å². The van der Waals surface area contributed by atoms with Crippen molar-refractivity contribution in [1.82, 2.24) is 0 Å². The van der Waals surface area contributed by atoms with Crippen molar-refractivity contribution in [2.45, 2.75) is 71.5 Å². The molecule has 2 nitrogen and oxygen atoms in total. The van der Waals surface area contributed by atoms with E-state index in [0.29, 0.717) is 17.3 Å². The number of thioether (sulfide) groups is 1. The Labute approximate surface area is 129 Å². The Balaban J connectivity index is 1.84. The van der Waals surface area contributed by atoms with Crippen molar-refractivity contribution < 1.29 is 9.84 Å². The third kappa shape index (κ3) is 4.64. The highest BCUT2D eigenvalue weighted by Crippen LogP contribution is 2.42. The first-order valence-electron chi connectivity index (χ1n) is 8.19. The van der Waals surface area contributed by atoms with Gasteiger partial charge in [-0.05, 0) is 55.1 Å².